The number of aromatic nitrogens is 2. The molecule has 2 rings (SSSR count). The number of hydrogen-bond donors (Lipinski definition) is 1. The maximum atomic E-state index is 5.79. The highest BCUT2D eigenvalue weighted by Crippen LogP contribution is 2.38. The van der Waals surface area contributed by atoms with Gasteiger partial charge in [-0.15, -0.1) is 11.8 Å². The number of hydrogen-bond acceptors (Lipinski definition) is 3. The maximum Gasteiger partial charge on any atom is 0.0942 e. The largest absolute Gasteiger partial charge is 0.330 e. The third-order valence-corrected chi connectivity index (χ3v) is 4.67. The van der Waals surface area contributed by atoms with Crippen LogP contribution in [0.4, 0.5) is 0 Å². The predicted octanol–water partition coefficient (Wildman–Crippen LogP) is 1.95. The first-order valence-corrected chi connectivity index (χ1v) is 6.46. The smallest absolute Gasteiger partial charge is 0.0942 e. The summed E-state index contributed by atoms with van der Waals surface area (Å²) in [4.78, 5) is 0. The summed E-state index contributed by atoms with van der Waals surface area (Å²) in [7, 11) is 2.02. The van der Waals surface area contributed by atoms with Gasteiger partial charge in [-0.05, 0) is 38.3 Å². The summed E-state index contributed by atoms with van der Waals surface area (Å²) in [6.45, 7) is 2.87. The number of aryl methyl sites for hydroxylation is 2. The molecule has 2 atom stereocenters. The van der Waals surface area contributed by atoms with Gasteiger partial charge in [-0.1, -0.05) is 6.42 Å². The molecule has 1 saturated carbocycles. The predicted molar refractivity (Wildman–Crippen MR) is 64.0 cm³/mol. The minimum Gasteiger partial charge on any atom is -0.330 e. The lowest BCUT2D eigenvalue weighted by Gasteiger charge is -2.16. The van der Waals surface area contributed by atoms with E-state index < -0.39 is 0 Å². The first-order chi connectivity index (χ1) is 7.20. The number of nitrogens with zero attached hydrogens (tertiary/aromatic N) is 2. The Morgan fingerprint density at radius 3 is 3.00 bits per heavy atom. The molecule has 0 radical (unpaired) electrons. The summed E-state index contributed by atoms with van der Waals surface area (Å²) in [5.74, 6) is 0.699. The summed E-state index contributed by atoms with van der Waals surface area (Å²) < 4.78 is 1.98. The molecular formula is C11H19N3S. The standard InChI is InChI=1S/C11H19N3S/c1-8-6-11(14(2)13-8)15-10-5-3-4-9(10)7-12/h6,9-10H,3-5,7,12H2,1-2H3. The van der Waals surface area contributed by atoms with Crippen LogP contribution in [-0.4, -0.2) is 21.6 Å². The van der Waals surface area contributed by atoms with Crippen molar-refractivity contribution in [1.29, 1.82) is 0 Å². The van der Waals surface area contributed by atoms with Crippen molar-refractivity contribution >= 4 is 11.8 Å². The Bertz CT molecular complexity index is 335. The minimum absolute atomic E-state index is 0.699. The molecule has 1 aliphatic carbocycles. The van der Waals surface area contributed by atoms with Gasteiger partial charge in [0, 0.05) is 12.3 Å². The van der Waals surface area contributed by atoms with E-state index in [0.29, 0.717) is 11.2 Å². The normalized spacial score (nSPS) is 26.1. The molecule has 15 heavy (non-hydrogen) atoms. The minimum atomic E-state index is 0.699. The van der Waals surface area contributed by atoms with Gasteiger partial charge in [0.15, 0.2) is 0 Å². The maximum absolute atomic E-state index is 5.79. The van der Waals surface area contributed by atoms with Crippen LogP contribution in [0.2, 0.25) is 0 Å². The van der Waals surface area contributed by atoms with Crippen LogP contribution in [0.15, 0.2) is 11.1 Å². The number of thioether (sulfide) groups is 1. The number of nitrogens with two attached hydrogens (primary N) is 1. The van der Waals surface area contributed by atoms with Gasteiger partial charge in [0.05, 0.1) is 10.7 Å². The summed E-state index contributed by atoms with van der Waals surface area (Å²) in [6.07, 6.45) is 3.93. The second-order valence-corrected chi connectivity index (χ2v) is 5.59. The Labute approximate surface area is 95.4 Å². The fraction of sp³-hybridized carbons (Fsp3) is 0.727. The zero-order valence-corrected chi connectivity index (χ0v) is 10.3. The Kier molecular flexibility index (Phi) is 3.36. The lowest BCUT2D eigenvalue weighted by molar-refractivity contribution is 0.571. The second kappa shape index (κ2) is 4.58. The van der Waals surface area contributed by atoms with Crippen LogP contribution in [0.25, 0.3) is 0 Å². The molecule has 84 valence electrons. The SMILES string of the molecule is Cc1cc(SC2CCCC2CN)n(C)n1. The average molecular weight is 225 g/mol. The van der Waals surface area contributed by atoms with Crippen LogP contribution in [0.1, 0.15) is 25.0 Å². The molecule has 0 aromatic carbocycles. The topological polar surface area (TPSA) is 43.8 Å². The highest BCUT2D eigenvalue weighted by atomic mass is 32.2. The van der Waals surface area contributed by atoms with E-state index in [4.69, 9.17) is 5.73 Å². The highest BCUT2D eigenvalue weighted by Gasteiger charge is 2.27. The molecule has 4 heteroatoms. The second-order valence-electron chi connectivity index (χ2n) is 4.33. The Balaban J connectivity index is 2.05. The molecule has 0 amide bonds. The van der Waals surface area contributed by atoms with E-state index >= 15 is 0 Å². The molecule has 3 nitrogen and oxygen atoms in total. The molecule has 0 bridgehead atoms. The third kappa shape index (κ3) is 2.37. The fourth-order valence-electron chi connectivity index (χ4n) is 2.28. The lowest BCUT2D eigenvalue weighted by Crippen LogP contribution is -2.20. The van der Waals surface area contributed by atoms with Gasteiger partial charge in [-0.2, -0.15) is 5.10 Å². The van der Waals surface area contributed by atoms with Crippen molar-refractivity contribution < 1.29 is 0 Å². The third-order valence-electron chi connectivity index (χ3n) is 3.12. The molecule has 2 N–H and O–H groups in total. The zero-order valence-electron chi connectivity index (χ0n) is 9.44. The average Bonchev–Trinajstić information content (AvgIpc) is 2.74. The Morgan fingerprint density at radius 1 is 1.60 bits per heavy atom. The Hall–Kier alpha value is -0.480. The van der Waals surface area contributed by atoms with Crippen LogP contribution in [-0.2, 0) is 7.05 Å². The van der Waals surface area contributed by atoms with Gasteiger partial charge in [0.25, 0.3) is 0 Å². The van der Waals surface area contributed by atoms with Gasteiger partial charge in [-0.25, -0.2) is 0 Å². The van der Waals surface area contributed by atoms with E-state index in [1.807, 2.05) is 30.4 Å². The van der Waals surface area contributed by atoms with Gasteiger partial charge < -0.3 is 5.73 Å². The van der Waals surface area contributed by atoms with E-state index in [1.54, 1.807) is 0 Å². The van der Waals surface area contributed by atoms with Gasteiger partial charge >= 0.3 is 0 Å². The Morgan fingerprint density at radius 2 is 2.40 bits per heavy atom. The first kappa shape index (κ1) is 11.0. The van der Waals surface area contributed by atoms with E-state index in [1.165, 1.54) is 24.3 Å². The van der Waals surface area contributed by atoms with Gasteiger partial charge in [0.1, 0.15) is 0 Å². The summed E-state index contributed by atoms with van der Waals surface area (Å²) in [5.41, 5.74) is 6.88. The van der Waals surface area contributed by atoms with Crippen LogP contribution in [0.5, 0.6) is 0 Å². The van der Waals surface area contributed by atoms with Crippen LogP contribution in [0.3, 0.4) is 0 Å². The highest BCUT2D eigenvalue weighted by molar-refractivity contribution is 7.99. The van der Waals surface area contributed by atoms with Crippen molar-refractivity contribution in [1.82, 2.24) is 9.78 Å². The summed E-state index contributed by atoms with van der Waals surface area (Å²) in [6, 6.07) is 2.16. The molecule has 2 unspecified atom stereocenters. The van der Waals surface area contributed by atoms with Gasteiger partial charge in [0.2, 0.25) is 0 Å². The molecule has 1 aliphatic rings. The lowest BCUT2D eigenvalue weighted by atomic mass is 10.1. The molecule has 1 aromatic rings. The van der Waals surface area contributed by atoms with Crippen molar-refractivity contribution in [3.63, 3.8) is 0 Å². The van der Waals surface area contributed by atoms with E-state index in [2.05, 4.69) is 11.2 Å². The molecule has 0 aliphatic heterocycles. The molecular weight excluding hydrogens is 206 g/mol. The summed E-state index contributed by atoms with van der Waals surface area (Å²) in [5, 5.41) is 6.34. The van der Waals surface area contributed by atoms with Crippen LogP contribution in [0, 0.1) is 12.8 Å². The summed E-state index contributed by atoms with van der Waals surface area (Å²) >= 11 is 1.95. The van der Waals surface area contributed by atoms with Crippen LogP contribution < -0.4 is 5.73 Å². The van der Waals surface area contributed by atoms with Crippen molar-refractivity contribution in [3.8, 4) is 0 Å². The molecule has 1 fully saturated rings. The fourth-order valence-corrected chi connectivity index (χ4v) is 3.75. The van der Waals surface area contributed by atoms with E-state index in [0.717, 1.165) is 12.2 Å². The quantitative estimate of drug-likeness (QED) is 0.855. The van der Waals surface area contributed by atoms with Crippen molar-refractivity contribution in [2.75, 3.05) is 6.54 Å². The van der Waals surface area contributed by atoms with Crippen molar-refractivity contribution in [2.24, 2.45) is 18.7 Å². The van der Waals surface area contributed by atoms with Gasteiger partial charge in [-0.3, -0.25) is 4.68 Å². The molecule has 1 heterocycles. The zero-order chi connectivity index (χ0) is 10.8. The molecule has 1 aromatic heterocycles. The van der Waals surface area contributed by atoms with E-state index in [-0.39, 0.29) is 0 Å². The van der Waals surface area contributed by atoms with E-state index in [9.17, 15) is 0 Å². The van der Waals surface area contributed by atoms with Crippen molar-refractivity contribution in [2.45, 2.75) is 36.5 Å². The van der Waals surface area contributed by atoms with Crippen LogP contribution >= 0.6 is 11.8 Å². The number of rotatable bonds is 3. The van der Waals surface area contributed by atoms with Crippen molar-refractivity contribution in [3.05, 3.63) is 11.8 Å². The molecule has 0 saturated heterocycles. The first-order valence-electron chi connectivity index (χ1n) is 5.58. The molecule has 0 spiro atoms. The monoisotopic (exact) mass is 225 g/mol.